The van der Waals surface area contributed by atoms with Gasteiger partial charge in [-0.1, -0.05) is 23.7 Å². The summed E-state index contributed by atoms with van der Waals surface area (Å²) in [5.74, 6) is 0.934. The number of hydrogen-bond acceptors (Lipinski definition) is 4. The van der Waals surface area contributed by atoms with Crippen LogP contribution in [0.1, 0.15) is 5.69 Å². The lowest BCUT2D eigenvalue weighted by Gasteiger charge is -2.05. The third-order valence-electron chi connectivity index (χ3n) is 1.85. The van der Waals surface area contributed by atoms with E-state index >= 15 is 0 Å². The molecule has 0 aliphatic carbocycles. The highest BCUT2D eigenvalue weighted by Gasteiger charge is 2.06. The number of para-hydroxylation sites is 1. The molecule has 0 spiro atoms. The van der Waals surface area contributed by atoms with Crippen LogP contribution in [0, 0.1) is 0 Å². The van der Waals surface area contributed by atoms with Gasteiger partial charge in [0.1, 0.15) is 18.1 Å². The number of nitrogen functional groups attached to an aromatic ring is 1. The van der Waals surface area contributed by atoms with Crippen LogP contribution in [0.25, 0.3) is 0 Å². The Hall–Kier alpha value is -1.75. The maximum Gasteiger partial charge on any atom is 0.172 e. The van der Waals surface area contributed by atoms with E-state index in [0.717, 1.165) is 0 Å². The number of ether oxygens (including phenoxy) is 1. The number of H-pyrrole nitrogens is 1. The number of nitrogens with one attached hydrogen (secondary N) is 1. The SMILES string of the molecule is Nc1n[nH]nc1COc1ccccc1Cl. The van der Waals surface area contributed by atoms with Gasteiger partial charge in [0, 0.05) is 0 Å². The lowest BCUT2D eigenvalue weighted by atomic mass is 10.3. The average molecular weight is 225 g/mol. The number of hydrogen-bond donors (Lipinski definition) is 2. The molecule has 1 heterocycles. The first-order chi connectivity index (χ1) is 7.27. The van der Waals surface area contributed by atoms with Gasteiger partial charge in [0.05, 0.1) is 5.02 Å². The Morgan fingerprint density at radius 3 is 2.80 bits per heavy atom. The largest absolute Gasteiger partial charge is 0.486 e. The molecule has 0 atom stereocenters. The van der Waals surface area contributed by atoms with Crippen LogP contribution < -0.4 is 10.5 Å². The molecule has 2 rings (SSSR count). The molecule has 0 aliphatic heterocycles. The molecule has 3 N–H and O–H groups in total. The minimum atomic E-state index is 0.242. The summed E-state index contributed by atoms with van der Waals surface area (Å²) < 4.78 is 5.43. The van der Waals surface area contributed by atoms with Crippen LogP contribution in [-0.2, 0) is 6.61 Å². The molecule has 2 aromatic rings. The molecule has 0 radical (unpaired) electrons. The first-order valence-corrected chi connectivity index (χ1v) is 4.67. The zero-order valence-corrected chi connectivity index (χ0v) is 8.53. The fourth-order valence-electron chi connectivity index (χ4n) is 1.08. The van der Waals surface area contributed by atoms with Crippen molar-refractivity contribution in [2.75, 3.05) is 5.73 Å². The van der Waals surface area contributed by atoms with Crippen molar-refractivity contribution >= 4 is 17.4 Å². The Morgan fingerprint density at radius 2 is 2.13 bits per heavy atom. The summed E-state index contributed by atoms with van der Waals surface area (Å²) >= 11 is 5.90. The summed E-state index contributed by atoms with van der Waals surface area (Å²) in [4.78, 5) is 0. The van der Waals surface area contributed by atoms with Crippen molar-refractivity contribution < 1.29 is 4.74 Å². The second kappa shape index (κ2) is 4.18. The van der Waals surface area contributed by atoms with E-state index in [1.807, 2.05) is 12.1 Å². The van der Waals surface area contributed by atoms with Crippen molar-refractivity contribution in [3.05, 3.63) is 35.0 Å². The molecular formula is C9H9ClN4O. The Kier molecular flexibility index (Phi) is 2.73. The maximum atomic E-state index is 5.90. The number of halogens is 1. The van der Waals surface area contributed by atoms with Gasteiger partial charge in [-0.3, -0.25) is 0 Å². The van der Waals surface area contributed by atoms with Gasteiger partial charge in [0.15, 0.2) is 5.82 Å². The van der Waals surface area contributed by atoms with E-state index in [2.05, 4.69) is 15.4 Å². The highest BCUT2D eigenvalue weighted by Crippen LogP contribution is 2.24. The fraction of sp³-hybridized carbons (Fsp3) is 0.111. The number of nitrogens with zero attached hydrogens (tertiary/aromatic N) is 2. The standard InChI is InChI=1S/C9H9ClN4O/c10-6-3-1-2-4-8(6)15-5-7-9(11)13-14-12-7/h1-4H,5H2,(H3,11,12,13,14). The Bertz CT molecular complexity index is 457. The van der Waals surface area contributed by atoms with Crippen molar-refractivity contribution in [3.8, 4) is 5.75 Å². The van der Waals surface area contributed by atoms with Crippen LogP contribution in [0.2, 0.25) is 5.02 Å². The maximum absolute atomic E-state index is 5.90. The molecule has 0 amide bonds. The zero-order chi connectivity index (χ0) is 10.7. The van der Waals surface area contributed by atoms with Crippen LogP contribution in [-0.4, -0.2) is 15.4 Å². The molecule has 0 fully saturated rings. The monoisotopic (exact) mass is 224 g/mol. The van der Waals surface area contributed by atoms with Crippen LogP contribution >= 0.6 is 11.6 Å². The zero-order valence-electron chi connectivity index (χ0n) is 7.77. The van der Waals surface area contributed by atoms with Gasteiger partial charge in [-0.05, 0) is 12.1 Å². The number of benzene rings is 1. The van der Waals surface area contributed by atoms with E-state index in [0.29, 0.717) is 22.3 Å². The van der Waals surface area contributed by atoms with E-state index in [1.54, 1.807) is 12.1 Å². The molecule has 15 heavy (non-hydrogen) atoms. The van der Waals surface area contributed by atoms with Crippen molar-refractivity contribution in [2.24, 2.45) is 0 Å². The smallest absolute Gasteiger partial charge is 0.172 e. The van der Waals surface area contributed by atoms with E-state index < -0.39 is 0 Å². The lowest BCUT2D eigenvalue weighted by molar-refractivity contribution is 0.302. The Balaban J connectivity index is 2.06. The van der Waals surface area contributed by atoms with Crippen molar-refractivity contribution in [2.45, 2.75) is 6.61 Å². The molecule has 78 valence electrons. The predicted octanol–water partition coefficient (Wildman–Crippen LogP) is 1.62. The van der Waals surface area contributed by atoms with Crippen LogP contribution in [0.5, 0.6) is 5.75 Å². The lowest BCUT2D eigenvalue weighted by Crippen LogP contribution is -2.00. The van der Waals surface area contributed by atoms with Gasteiger partial charge in [-0.2, -0.15) is 10.3 Å². The van der Waals surface area contributed by atoms with E-state index in [1.165, 1.54) is 0 Å². The minimum absolute atomic E-state index is 0.242. The summed E-state index contributed by atoms with van der Waals surface area (Å²) in [6.45, 7) is 0.242. The normalized spacial score (nSPS) is 10.2. The molecular weight excluding hydrogens is 216 g/mol. The molecule has 0 bridgehead atoms. The third-order valence-corrected chi connectivity index (χ3v) is 2.16. The van der Waals surface area contributed by atoms with Crippen molar-refractivity contribution in [1.29, 1.82) is 0 Å². The van der Waals surface area contributed by atoms with Gasteiger partial charge in [0.2, 0.25) is 0 Å². The molecule has 1 aromatic heterocycles. The molecule has 5 nitrogen and oxygen atoms in total. The second-order valence-corrected chi connectivity index (χ2v) is 3.28. The van der Waals surface area contributed by atoms with Gasteiger partial charge in [-0.25, -0.2) is 0 Å². The minimum Gasteiger partial charge on any atom is -0.486 e. The van der Waals surface area contributed by atoms with E-state index in [-0.39, 0.29) is 6.61 Å². The van der Waals surface area contributed by atoms with Gasteiger partial charge in [0.25, 0.3) is 0 Å². The quantitative estimate of drug-likeness (QED) is 0.831. The third kappa shape index (κ3) is 2.19. The topological polar surface area (TPSA) is 76.8 Å². The van der Waals surface area contributed by atoms with E-state index in [9.17, 15) is 0 Å². The van der Waals surface area contributed by atoms with Gasteiger partial charge < -0.3 is 10.5 Å². The molecule has 6 heteroatoms. The number of aromatic amines is 1. The first-order valence-electron chi connectivity index (χ1n) is 4.30. The summed E-state index contributed by atoms with van der Waals surface area (Å²) in [5.41, 5.74) is 6.09. The highest BCUT2D eigenvalue weighted by molar-refractivity contribution is 6.32. The van der Waals surface area contributed by atoms with Crippen molar-refractivity contribution in [1.82, 2.24) is 15.4 Å². The van der Waals surface area contributed by atoms with E-state index in [4.69, 9.17) is 22.1 Å². The summed E-state index contributed by atoms with van der Waals surface area (Å²) in [5, 5.41) is 10.5. The summed E-state index contributed by atoms with van der Waals surface area (Å²) in [7, 11) is 0. The van der Waals surface area contributed by atoms with Crippen LogP contribution in [0.4, 0.5) is 5.82 Å². The van der Waals surface area contributed by atoms with Crippen LogP contribution in [0.15, 0.2) is 24.3 Å². The Morgan fingerprint density at radius 1 is 1.33 bits per heavy atom. The highest BCUT2D eigenvalue weighted by atomic mass is 35.5. The van der Waals surface area contributed by atoms with Gasteiger partial charge in [-0.15, -0.1) is 5.10 Å². The molecule has 0 unspecified atom stereocenters. The first kappa shape index (κ1) is 9.79. The molecule has 0 saturated heterocycles. The van der Waals surface area contributed by atoms with Gasteiger partial charge >= 0.3 is 0 Å². The number of aromatic nitrogens is 3. The average Bonchev–Trinajstić information content (AvgIpc) is 2.63. The number of nitrogens with two attached hydrogens (primary N) is 1. The Labute approximate surface area is 91.2 Å². The summed E-state index contributed by atoms with van der Waals surface area (Å²) in [6, 6.07) is 7.20. The van der Waals surface area contributed by atoms with Crippen molar-refractivity contribution in [3.63, 3.8) is 0 Å². The number of rotatable bonds is 3. The van der Waals surface area contributed by atoms with Crippen LogP contribution in [0.3, 0.4) is 0 Å². The second-order valence-electron chi connectivity index (χ2n) is 2.87. The molecule has 1 aromatic carbocycles. The predicted molar refractivity (Wildman–Crippen MR) is 56.6 cm³/mol. The summed E-state index contributed by atoms with van der Waals surface area (Å²) in [6.07, 6.45) is 0. The number of anilines is 1. The fourth-order valence-corrected chi connectivity index (χ4v) is 1.27. The molecule has 0 aliphatic rings. The molecule has 0 saturated carbocycles.